The second-order valence-electron chi connectivity index (χ2n) is 5.35. The summed E-state index contributed by atoms with van der Waals surface area (Å²) in [7, 11) is 0. The molecule has 2 N–H and O–H groups in total. The van der Waals surface area contributed by atoms with E-state index in [2.05, 4.69) is 25.7 Å². The quantitative estimate of drug-likeness (QED) is 0.754. The molecule has 0 spiro atoms. The van der Waals surface area contributed by atoms with E-state index in [0.29, 0.717) is 6.04 Å². The van der Waals surface area contributed by atoms with Crippen molar-refractivity contribution in [1.29, 1.82) is 0 Å². The molecule has 1 saturated carbocycles. The summed E-state index contributed by atoms with van der Waals surface area (Å²) in [6.45, 7) is 9.39. The van der Waals surface area contributed by atoms with Gasteiger partial charge in [0.25, 0.3) is 0 Å². The van der Waals surface area contributed by atoms with Crippen LogP contribution in [0.3, 0.4) is 0 Å². The first-order chi connectivity index (χ1) is 7.71. The van der Waals surface area contributed by atoms with Gasteiger partial charge in [-0.05, 0) is 31.7 Å². The highest BCUT2D eigenvalue weighted by Gasteiger charge is 2.24. The van der Waals surface area contributed by atoms with E-state index in [1.165, 1.54) is 51.6 Å². The van der Waals surface area contributed by atoms with Crippen LogP contribution in [-0.2, 0) is 0 Å². The third kappa shape index (κ3) is 4.06. The van der Waals surface area contributed by atoms with Gasteiger partial charge in [-0.2, -0.15) is 0 Å². The Kier molecular flexibility index (Phi) is 6.37. The minimum atomic E-state index is 0.453. The van der Waals surface area contributed by atoms with Crippen LogP contribution in [0.1, 0.15) is 59.3 Å². The molecule has 0 heterocycles. The minimum Gasteiger partial charge on any atom is -0.328 e. The van der Waals surface area contributed by atoms with Crippen molar-refractivity contribution < 1.29 is 0 Å². The van der Waals surface area contributed by atoms with Crippen molar-refractivity contribution in [2.24, 2.45) is 11.7 Å². The lowest BCUT2D eigenvalue weighted by Crippen LogP contribution is -2.44. The Labute approximate surface area is 102 Å². The van der Waals surface area contributed by atoms with Crippen molar-refractivity contribution in [2.45, 2.75) is 71.4 Å². The summed E-state index contributed by atoms with van der Waals surface area (Å²) in [6, 6.07) is 1.21. The molecule has 0 saturated heterocycles. The molecule has 2 heteroatoms. The number of hydrogen-bond donors (Lipinski definition) is 1. The van der Waals surface area contributed by atoms with E-state index in [4.69, 9.17) is 5.73 Å². The molecule has 1 fully saturated rings. The molecule has 2 atom stereocenters. The zero-order chi connectivity index (χ0) is 12.0. The van der Waals surface area contributed by atoms with E-state index in [1.807, 2.05) is 0 Å². The van der Waals surface area contributed by atoms with Gasteiger partial charge in [-0.15, -0.1) is 0 Å². The lowest BCUT2D eigenvalue weighted by Gasteiger charge is -2.37. The Balaban J connectivity index is 2.45. The summed E-state index contributed by atoms with van der Waals surface area (Å²) >= 11 is 0. The average Bonchev–Trinajstić information content (AvgIpc) is 2.31. The van der Waals surface area contributed by atoms with Crippen LogP contribution in [0.25, 0.3) is 0 Å². The fourth-order valence-electron chi connectivity index (χ4n) is 2.95. The summed E-state index contributed by atoms with van der Waals surface area (Å²) in [6.07, 6.45) is 7.76. The van der Waals surface area contributed by atoms with Gasteiger partial charge in [0, 0.05) is 18.6 Å². The minimum absolute atomic E-state index is 0.453. The maximum atomic E-state index is 6.09. The first-order valence-electron chi connectivity index (χ1n) is 7.20. The van der Waals surface area contributed by atoms with Gasteiger partial charge in [0.1, 0.15) is 0 Å². The smallest absolute Gasteiger partial charge is 0.0110 e. The van der Waals surface area contributed by atoms with E-state index in [0.717, 1.165) is 12.0 Å². The number of rotatable bonds is 6. The third-order valence-corrected chi connectivity index (χ3v) is 4.26. The van der Waals surface area contributed by atoms with Gasteiger partial charge in [0.2, 0.25) is 0 Å². The second kappa shape index (κ2) is 7.29. The Bertz CT molecular complexity index is 178. The fraction of sp³-hybridized carbons (Fsp3) is 1.00. The summed E-state index contributed by atoms with van der Waals surface area (Å²) in [5, 5.41) is 0. The standard InChI is InChI=1S/C14H30N2/c1-4-12(5-2)11-16(6-3)14-9-7-8-13(15)10-14/h12-14H,4-11,15H2,1-3H3. The van der Waals surface area contributed by atoms with Crippen LogP contribution in [0.2, 0.25) is 0 Å². The Hall–Kier alpha value is -0.0800. The SMILES string of the molecule is CCC(CC)CN(CC)C1CCCC(N)C1. The molecule has 0 aliphatic heterocycles. The highest BCUT2D eigenvalue weighted by molar-refractivity contribution is 4.82. The first kappa shape index (κ1) is 14.0. The van der Waals surface area contributed by atoms with Crippen LogP contribution >= 0.6 is 0 Å². The largest absolute Gasteiger partial charge is 0.328 e. The monoisotopic (exact) mass is 226 g/mol. The average molecular weight is 226 g/mol. The molecule has 0 aromatic heterocycles. The molecule has 0 amide bonds. The molecule has 96 valence electrons. The highest BCUT2D eigenvalue weighted by atomic mass is 15.2. The van der Waals surface area contributed by atoms with Gasteiger partial charge in [0.15, 0.2) is 0 Å². The molecule has 0 aromatic carbocycles. The van der Waals surface area contributed by atoms with Crippen molar-refractivity contribution in [2.75, 3.05) is 13.1 Å². The zero-order valence-electron chi connectivity index (χ0n) is 11.4. The molecule has 16 heavy (non-hydrogen) atoms. The van der Waals surface area contributed by atoms with Crippen LogP contribution in [0, 0.1) is 5.92 Å². The Morgan fingerprint density at radius 2 is 1.88 bits per heavy atom. The topological polar surface area (TPSA) is 29.3 Å². The van der Waals surface area contributed by atoms with Crippen molar-refractivity contribution in [1.82, 2.24) is 4.90 Å². The predicted octanol–water partition coefficient (Wildman–Crippen LogP) is 3.01. The van der Waals surface area contributed by atoms with E-state index in [9.17, 15) is 0 Å². The van der Waals surface area contributed by atoms with Gasteiger partial charge in [-0.3, -0.25) is 0 Å². The number of nitrogens with two attached hydrogens (primary N) is 1. The molecule has 2 nitrogen and oxygen atoms in total. The molecule has 0 radical (unpaired) electrons. The van der Waals surface area contributed by atoms with Crippen LogP contribution in [0.15, 0.2) is 0 Å². The lowest BCUT2D eigenvalue weighted by atomic mass is 9.89. The fourth-order valence-corrected chi connectivity index (χ4v) is 2.95. The van der Waals surface area contributed by atoms with E-state index in [1.54, 1.807) is 0 Å². The maximum absolute atomic E-state index is 6.09. The maximum Gasteiger partial charge on any atom is 0.0110 e. The summed E-state index contributed by atoms with van der Waals surface area (Å²) < 4.78 is 0. The predicted molar refractivity (Wildman–Crippen MR) is 71.6 cm³/mol. The molecular formula is C14H30N2. The van der Waals surface area contributed by atoms with Crippen LogP contribution < -0.4 is 5.73 Å². The van der Waals surface area contributed by atoms with Gasteiger partial charge in [-0.1, -0.05) is 40.0 Å². The Morgan fingerprint density at radius 3 is 2.38 bits per heavy atom. The second-order valence-corrected chi connectivity index (χ2v) is 5.35. The van der Waals surface area contributed by atoms with Gasteiger partial charge < -0.3 is 10.6 Å². The number of hydrogen-bond acceptors (Lipinski definition) is 2. The molecule has 1 aliphatic rings. The van der Waals surface area contributed by atoms with Gasteiger partial charge in [-0.25, -0.2) is 0 Å². The van der Waals surface area contributed by atoms with Crippen molar-refractivity contribution in [3.63, 3.8) is 0 Å². The summed E-state index contributed by atoms with van der Waals surface area (Å²) in [4.78, 5) is 2.68. The van der Waals surface area contributed by atoms with Gasteiger partial charge in [0.05, 0.1) is 0 Å². The van der Waals surface area contributed by atoms with E-state index < -0.39 is 0 Å². The zero-order valence-corrected chi connectivity index (χ0v) is 11.4. The van der Waals surface area contributed by atoms with Crippen molar-refractivity contribution in [3.05, 3.63) is 0 Å². The van der Waals surface area contributed by atoms with Gasteiger partial charge >= 0.3 is 0 Å². The van der Waals surface area contributed by atoms with Crippen LogP contribution in [0.5, 0.6) is 0 Å². The van der Waals surface area contributed by atoms with Crippen LogP contribution in [-0.4, -0.2) is 30.1 Å². The first-order valence-corrected chi connectivity index (χ1v) is 7.20. The molecule has 2 unspecified atom stereocenters. The Morgan fingerprint density at radius 1 is 1.19 bits per heavy atom. The summed E-state index contributed by atoms with van der Waals surface area (Å²) in [5.74, 6) is 0.873. The molecule has 1 rings (SSSR count). The lowest BCUT2D eigenvalue weighted by molar-refractivity contribution is 0.130. The van der Waals surface area contributed by atoms with Crippen LogP contribution in [0.4, 0.5) is 0 Å². The molecule has 0 aromatic rings. The number of nitrogens with zero attached hydrogens (tertiary/aromatic N) is 1. The summed E-state index contributed by atoms with van der Waals surface area (Å²) in [5.41, 5.74) is 6.09. The molecular weight excluding hydrogens is 196 g/mol. The van der Waals surface area contributed by atoms with Crippen molar-refractivity contribution in [3.8, 4) is 0 Å². The molecule has 1 aliphatic carbocycles. The molecule has 0 bridgehead atoms. The van der Waals surface area contributed by atoms with E-state index >= 15 is 0 Å². The third-order valence-electron chi connectivity index (χ3n) is 4.26. The normalized spacial score (nSPS) is 26.6. The van der Waals surface area contributed by atoms with Crippen molar-refractivity contribution >= 4 is 0 Å². The van der Waals surface area contributed by atoms with E-state index in [-0.39, 0.29) is 0 Å². The highest BCUT2D eigenvalue weighted by Crippen LogP contribution is 2.23.